The highest BCUT2D eigenvalue weighted by Crippen LogP contribution is 2.31. The fourth-order valence-electron chi connectivity index (χ4n) is 3.26. The zero-order valence-electron chi connectivity index (χ0n) is 13.9. The van der Waals surface area contributed by atoms with Gasteiger partial charge in [0.2, 0.25) is 0 Å². The number of nitrogens with zero attached hydrogens (tertiary/aromatic N) is 3. The fraction of sp³-hybridized carbons (Fsp3) is 0.158. The predicted molar refractivity (Wildman–Crippen MR) is 102 cm³/mol. The van der Waals surface area contributed by atoms with Gasteiger partial charge in [-0.05, 0) is 30.3 Å². The van der Waals surface area contributed by atoms with Crippen LogP contribution >= 0.6 is 15.9 Å². The summed E-state index contributed by atoms with van der Waals surface area (Å²) in [6.07, 6.45) is 0. The third kappa shape index (κ3) is 2.55. The summed E-state index contributed by atoms with van der Waals surface area (Å²) in [6.45, 7) is 0.182. The van der Waals surface area contributed by atoms with Crippen LogP contribution in [0.25, 0.3) is 27.5 Å². The third-order valence-corrected chi connectivity index (χ3v) is 4.85. The number of alkyl halides is 1. The molecule has 0 radical (unpaired) electrons. The van der Waals surface area contributed by atoms with Crippen LogP contribution in [0.3, 0.4) is 0 Å². The normalized spacial score (nSPS) is 11.5. The second-order valence-electron chi connectivity index (χ2n) is 5.86. The van der Waals surface area contributed by atoms with Gasteiger partial charge in [0, 0.05) is 23.2 Å². The monoisotopic (exact) mass is 415 g/mol. The van der Waals surface area contributed by atoms with E-state index in [4.69, 9.17) is 4.74 Å². The average molecular weight is 416 g/mol. The Hall–Kier alpha value is -2.51. The predicted octanol–water partition coefficient (Wildman–Crippen LogP) is 3.98. The van der Waals surface area contributed by atoms with E-state index in [9.17, 15) is 9.18 Å². The van der Waals surface area contributed by atoms with E-state index in [1.807, 2.05) is 30.3 Å². The molecule has 0 spiro atoms. The number of hydrogen-bond acceptors (Lipinski definition) is 3. The van der Waals surface area contributed by atoms with Gasteiger partial charge in [-0.2, -0.15) is 9.78 Å². The minimum atomic E-state index is -0.360. The molecule has 2 aromatic heterocycles. The molecule has 0 amide bonds. The van der Waals surface area contributed by atoms with Crippen molar-refractivity contribution < 1.29 is 9.13 Å². The Balaban J connectivity index is 2.21. The molecule has 0 aliphatic heterocycles. The Morgan fingerprint density at radius 2 is 1.96 bits per heavy atom. The van der Waals surface area contributed by atoms with Crippen LogP contribution in [0, 0.1) is 5.82 Å². The Bertz CT molecular complexity index is 1170. The third-order valence-electron chi connectivity index (χ3n) is 4.32. The summed E-state index contributed by atoms with van der Waals surface area (Å²) in [5.41, 5.74) is 2.23. The number of hydrogen-bond donors (Lipinski definition) is 0. The lowest BCUT2D eigenvalue weighted by atomic mass is 10.1. The Morgan fingerprint density at radius 1 is 1.19 bits per heavy atom. The molecular weight excluding hydrogens is 401 g/mol. The summed E-state index contributed by atoms with van der Waals surface area (Å²) >= 11 is 3.45. The van der Waals surface area contributed by atoms with E-state index in [2.05, 4.69) is 21.0 Å². The van der Waals surface area contributed by atoms with Gasteiger partial charge in [0.1, 0.15) is 18.1 Å². The molecule has 5 nitrogen and oxygen atoms in total. The smallest absolute Gasteiger partial charge is 0.296 e. The van der Waals surface area contributed by atoms with Crippen molar-refractivity contribution in [3.63, 3.8) is 0 Å². The molecule has 7 heteroatoms. The molecule has 0 fully saturated rings. The lowest BCUT2D eigenvalue weighted by Gasteiger charge is -2.10. The van der Waals surface area contributed by atoms with Crippen molar-refractivity contribution in [2.24, 2.45) is 0 Å². The largest absolute Gasteiger partial charge is 0.364 e. The van der Waals surface area contributed by atoms with E-state index < -0.39 is 0 Å². The highest BCUT2D eigenvalue weighted by molar-refractivity contribution is 9.08. The number of methoxy groups -OCH3 is 1. The van der Waals surface area contributed by atoms with Gasteiger partial charge in [-0.15, -0.1) is 0 Å². The van der Waals surface area contributed by atoms with Crippen LogP contribution in [0.1, 0.15) is 5.69 Å². The number of fused-ring (bicyclic) bond motifs is 3. The Labute approximate surface area is 156 Å². The summed E-state index contributed by atoms with van der Waals surface area (Å²) < 4.78 is 22.3. The number of aromatic nitrogens is 3. The van der Waals surface area contributed by atoms with Crippen LogP contribution in [0.15, 0.2) is 53.3 Å². The van der Waals surface area contributed by atoms with Crippen molar-refractivity contribution in [2.75, 3.05) is 7.11 Å². The molecule has 0 atom stereocenters. The summed E-state index contributed by atoms with van der Waals surface area (Å²) in [6, 6.07) is 13.7. The molecule has 0 aliphatic rings. The summed E-state index contributed by atoms with van der Waals surface area (Å²) in [5.74, 6) is -0.360. The highest BCUT2D eigenvalue weighted by atomic mass is 79.9. The summed E-state index contributed by atoms with van der Waals surface area (Å²) in [4.78, 5) is 13.3. The molecule has 4 rings (SSSR count). The number of benzene rings is 2. The maximum absolute atomic E-state index is 13.9. The van der Waals surface area contributed by atoms with Gasteiger partial charge in [-0.3, -0.25) is 4.79 Å². The molecule has 0 unspecified atom stereocenters. The first-order valence-corrected chi connectivity index (χ1v) is 9.12. The van der Waals surface area contributed by atoms with Gasteiger partial charge in [-0.1, -0.05) is 34.1 Å². The topological polar surface area (TPSA) is 49.0 Å². The van der Waals surface area contributed by atoms with Crippen molar-refractivity contribution in [1.82, 2.24) is 14.3 Å². The SMILES string of the molecule is COCn1c2ccc(F)cc2c2c(CBr)nn(-c3ccccc3)c(=O)c21. The first kappa shape index (κ1) is 16.9. The number of ether oxygens (including phenoxy) is 1. The molecule has 0 N–H and O–H groups in total. The molecule has 2 heterocycles. The first-order chi connectivity index (χ1) is 12.7. The van der Waals surface area contributed by atoms with Gasteiger partial charge in [0.15, 0.2) is 0 Å². The zero-order chi connectivity index (χ0) is 18.3. The van der Waals surface area contributed by atoms with Crippen LogP contribution in [0.4, 0.5) is 4.39 Å². The number of para-hydroxylation sites is 1. The van der Waals surface area contributed by atoms with E-state index in [1.54, 1.807) is 17.7 Å². The number of halogens is 2. The molecule has 2 aromatic carbocycles. The highest BCUT2D eigenvalue weighted by Gasteiger charge is 2.20. The van der Waals surface area contributed by atoms with Gasteiger partial charge in [0.25, 0.3) is 5.56 Å². The number of rotatable bonds is 4. The van der Waals surface area contributed by atoms with Crippen molar-refractivity contribution >= 4 is 37.7 Å². The average Bonchev–Trinajstić information content (AvgIpc) is 2.98. The van der Waals surface area contributed by atoms with Crippen LogP contribution in [0.2, 0.25) is 0 Å². The van der Waals surface area contributed by atoms with Crippen LogP contribution in [-0.4, -0.2) is 21.5 Å². The van der Waals surface area contributed by atoms with Crippen molar-refractivity contribution in [3.8, 4) is 5.69 Å². The van der Waals surface area contributed by atoms with E-state index in [1.165, 1.54) is 16.8 Å². The van der Waals surface area contributed by atoms with Crippen molar-refractivity contribution in [2.45, 2.75) is 12.1 Å². The van der Waals surface area contributed by atoms with E-state index in [0.717, 1.165) is 5.52 Å². The van der Waals surface area contributed by atoms with E-state index in [0.29, 0.717) is 33.0 Å². The zero-order valence-corrected chi connectivity index (χ0v) is 15.5. The van der Waals surface area contributed by atoms with E-state index >= 15 is 0 Å². The Kier molecular flexibility index (Phi) is 4.34. The standard InChI is InChI=1S/C19H15BrFN3O2/c1-26-11-23-16-8-7-12(21)9-14(16)17-15(10-20)22-24(19(25)18(17)23)13-5-3-2-4-6-13/h2-9H,10-11H2,1H3. The quantitative estimate of drug-likeness (QED) is 0.473. The maximum atomic E-state index is 13.9. The second kappa shape index (κ2) is 6.66. The van der Waals surface area contributed by atoms with Gasteiger partial charge < -0.3 is 9.30 Å². The lowest BCUT2D eigenvalue weighted by Crippen LogP contribution is -2.24. The molecule has 26 heavy (non-hydrogen) atoms. The maximum Gasteiger partial charge on any atom is 0.296 e. The van der Waals surface area contributed by atoms with Crippen LogP contribution in [-0.2, 0) is 16.8 Å². The lowest BCUT2D eigenvalue weighted by molar-refractivity contribution is 0.138. The summed E-state index contributed by atoms with van der Waals surface area (Å²) in [5, 5.41) is 6.25. The van der Waals surface area contributed by atoms with Crippen LogP contribution < -0.4 is 5.56 Å². The minimum absolute atomic E-state index is 0.182. The van der Waals surface area contributed by atoms with Crippen molar-refractivity contribution in [1.29, 1.82) is 0 Å². The molecule has 0 bridgehead atoms. The van der Waals surface area contributed by atoms with Gasteiger partial charge in [-0.25, -0.2) is 4.39 Å². The molecule has 0 saturated heterocycles. The van der Waals surface area contributed by atoms with E-state index in [-0.39, 0.29) is 18.1 Å². The Morgan fingerprint density at radius 3 is 2.65 bits per heavy atom. The second-order valence-corrected chi connectivity index (χ2v) is 6.42. The molecule has 132 valence electrons. The van der Waals surface area contributed by atoms with Crippen LogP contribution in [0.5, 0.6) is 0 Å². The molecule has 4 aromatic rings. The van der Waals surface area contributed by atoms with Crippen molar-refractivity contribution in [3.05, 3.63) is 70.4 Å². The minimum Gasteiger partial charge on any atom is -0.364 e. The van der Waals surface area contributed by atoms with Gasteiger partial charge in [0.05, 0.1) is 16.9 Å². The molecule has 0 aliphatic carbocycles. The fourth-order valence-corrected chi connectivity index (χ4v) is 3.65. The molecule has 0 saturated carbocycles. The first-order valence-electron chi connectivity index (χ1n) is 7.99. The molecular formula is C19H15BrFN3O2. The van der Waals surface area contributed by atoms with Gasteiger partial charge >= 0.3 is 0 Å². The summed E-state index contributed by atoms with van der Waals surface area (Å²) in [7, 11) is 1.56.